The normalized spacial score (nSPS) is 14.1. The third-order valence-electron chi connectivity index (χ3n) is 6.46. The maximum absolute atomic E-state index is 12.0. The Kier molecular flexibility index (Phi) is 5.69. The van der Waals surface area contributed by atoms with Crippen molar-refractivity contribution < 1.29 is 9.52 Å². The lowest BCUT2D eigenvalue weighted by Crippen LogP contribution is -2.28. The molecule has 0 radical (unpaired) electrons. The van der Waals surface area contributed by atoms with E-state index in [1.54, 1.807) is 0 Å². The van der Waals surface area contributed by atoms with Crippen LogP contribution in [0.4, 0.5) is 0 Å². The number of hydrogen-bond acceptors (Lipinski definition) is 3. The fourth-order valence-electron chi connectivity index (χ4n) is 4.43. The van der Waals surface area contributed by atoms with Crippen LogP contribution in [-0.2, 0) is 18.7 Å². The first kappa shape index (κ1) is 20.7. The third kappa shape index (κ3) is 4.14. The second-order valence-corrected chi connectivity index (χ2v) is 8.77. The van der Waals surface area contributed by atoms with Gasteiger partial charge in [-0.3, -0.25) is 4.90 Å². The monoisotopic (exact) mass is 423 g/mol. The van der Waals surface area contributed by atoms with Crippen molar-refractivity contribution in [1.29, 1.82) is 0 Å². The zero-order valence-electron chi connectivity index (χ0n) is 18.4. The topological polar surface area (TPSA) is 36.6 Å². The summed E-state index contributed by atoms with van der Waals surface area (Å²) in [5.74, 6) is 1.43. The molecule has 0 saturated heterocycles. The van der Waals surface area contributed by atoms with Crippen molar-refractivity contribution in [1.82, 2.24) is 4.90 Å². The first-order valence-electron chi connectivity index (χ1n) is 11.4. The SMILES string of the molecule is Cc1ccccc1CN(Cc1ccc(C(O)(c2ccccc2)c2ccccc2)o1)C1CC1. The molecule has 1 N–H and O–H groups in total. The van der Waals surface area contributed by atoms with E-state index in [0.29, 0.717) is 11.8 Å². The maximum Gasteiger partial charge on any atom is 0.173 e. The molecule has 0 unspecified atom stereocenters. The Morgan fingerprint density at radius 2 is 1.38 bits per heavy atom. The Balaban J connectivity index is 1.45. The van der Waals surface area contributed by atoms with E-state index in [9.17, 15) is 5.11 Å². The van der Waals surface area contributed by atoms with E-state index in [0.717, 1.165) is 30.0 Å². The van der Waals surface area contributed by atoms with Crippen LogP contribution in [0.15, 0.2) is 101 Å². The summed E-state index contributed by atoms with van der Waals surface area (Å²) in [6, 6.07) is 32.6. The average molecular weight is 424 g/mol. The molecule has 1 aliphatic rings. The van der Waals surface area contributed by atoms with Gasteiger partial charge in [0.1, 0.15) is 11.5 Å². The summed E-state index contributed by atoms with van der Waals surface area (Å²) in [5.41, 5.74) is 2.94. The average Bonchev–Trinajstić information content (AvgIpc) is 3.59. The van der Waals surface area contributed by atoms with Crippen molar-refractivity contribution in [2.24, 2.45) is 0 Å². The van der Waals surface area contributed by atoms with Crippen LogP contribution in [-0.4, -0.2) is 16.0 Å². The van der Waals surface area contributed by atoms with Crippen LogP contribution in [0.2, 0.25) is 0 Å². The number of hydrogen-bond donors (Lipinski definition) is 1. The molecule has 3 heteroatoms. The lowest BCUT2D eigenvalue weighted by atomic mass is 9.84. The molecule has 3 nitrogen and oxygen atoms in total. The van der Waals surface area contributed by atoms with Gasteiger partial charge < -0.3 is 9.52 Å². The molecule has 5 rings (SSSR count). The lowest BCUT2D eigenvalue weighted by Gasteiger charge is -2.27. The number of aliphatic hydroxyl groups is 1. The molecule has 1 heterocycles. The number of nitrogens with zero attached hydrogens (tertiary/aromatic N) is 1. The van der Waals surface area contributed by atoms with Gasteiger partial charge in [0.25, 0.3) is 0 Å². The number of furan rings is 1. The van der Waals surface area contributed by atoms with E-state index >= 15 is 0 Å². The van der Waals surface area contributed by atoms with Crippen LogP contribution in [0, 0.1) is 6.92 Å². The van der Waals surface area contributed by atoms with Crippen molar-refractivity contribution in [3.05, 3.63) is 131 Å². The van der Waals surface area contributed by atoms with Gasteiger partial charge >= 0.3 is 0 Å². The molecular formula is C29H29NO2. The summed E-state index contributed by atoms with van der Waals surface area (Å²) in [7, 11) is 0. The van der Waals surface area contributed by atoms with Gasteiger partial charge in [0.05, 0.1) is 6.54 Å². The molecule has 1 fully saturated rings. The highest BCUT2D eigenvalue weighted by atomic mass is 16.4. The Morgan fingerprint density at radius 1 is 0.781 bits per heavy atom. The van der Waals surface area contributed by atoms with E-state index < -0.39 is 5.60 Å². The predicted molar refractivity (Wildman–Crippen MR) is 127 cm³/mol. The molecule has 1 saturated carbocycles. The second kappa shape index (κ2) is 8.78. The first-order valence-corrected chi connectivity index (χ1v) is 11.4. The highest BCUT2D eigenvalue weighted by molar-refractivity contribution is 5.43. The highest BCUT2D eigenvalue weighted by Crippen LogP contribution is 2.38. The van der Waals surface area contributed by atoms with Gasteiger partial charge in [0, 0.05) is 12.6 Å². The van der Waals surface area contributed by atoms with Crippen LogP contribution in [0.25, 0.3) is 0 Å². The van der Waals surface area contributed by atoms with Gasteiger partial charge in [-0.1, -0.05) is 84.9 Å². The van der Waals surface area contributed by atoms with Crippen molar-refractivity contribution in [3.8, 4) is 0 Å². The molecular weight excluding hydrogens is 394 g/mol. The van der Waals surface area contributed by atoms with Crippen LogP contribution in [0.3, 0.4) is 0 Å². The third-order valence-corrected chi connectivity index (χ3v) is 6.46. The molecule has 0 amide bonds. The number of aryl methyl sites for hydroxylation is 1. The molecule has 4 aromatic rings. The van der Waals surface area contributed by atoms with Gasteiger partial charge in [-0.25, -0.2) is 0 Å². The molecule has 3 aromatic carbocycles. The smallest absolute Gasteiger partial charge is 0.173 e. The molecule has 0 bridgehead atoms. The molecule has 1 aromatic heterocycles. The predicted octanol–water partition coefficient (Wildman–Crippen LogP) is 6.04. The fraction of sp³-hybridized carbons (Fsp3) is 0.241. The molecule has 162 valence electrons. The molecule has 0 spiro atoms. The van der Waals surface area contributed by atoms with Crippen LogP contribution < -0.4 is 0 Å². The summed E-state index contributed by atoms with van der Waals surface area (Å²) in [6.07, 6.45) is 2.47. The zero-order valence-corrected chi connectivity index (χ0v) is 18.4. The Hall–Kier alpha value is -3.14. The van der Waals surface area contributed by atoms with Gasteiger partial charge in [-0.05, 0) is 54.2 Å². The zero-order chi connectivity index (χ0) is 22.0. The number of rotatable bonds is 8. The first-order chi connectivity index (χ1) is 15.6. The van der Waals surface area contributed by atoms with Crippen LogP contribution in [0.5, 0.6) is 0 Å². The fourth-order valence-corrected chi connectivity index (χ4v) is 4.43. The van der Waals surface area contributed by atoms with Gasteiger partial charge in [0.2, 0.25) is 0 Å². The van der Waals surface area contributed by atoms with E-state index in [2.05, 4.69) is 36.1 Å². The van der Waals surface area contributed by atoms with Crippen LogP contribution >= 0.6 is 0 Å². The largest absolute Gasteiger partial charge is 0.461 e. The minimum Gasteiger partial charge on any atom is -0.461 e. The van der Waals surface area contributed by atoms with E-state index in [-0.39, 0.29) is 0 Å². The van der Waals surface area contributed by atoms with Crippen molar-refractivity contribution in [3.63, 3.8) is 0 Å². The van der Waals surface area contributed by atoms with Crippen molar-refractivity contribution in [2.45, 2.75) is 44.5 Å². The lowest BCUT2D eigenvalue weighted by molar-refractivity contribution is 0.0950. The van der Waals surface area contributed by atoms with E-state index in [4.69, 9.17) is 4.42 Å². The van der Waals surface area contributed by atoms with Crippen molar-refractivity contribution in [2.75, 3.05) is 0 Å². The van der Waals surface area contributed by atoms with E-state index in [1.807, 2.05) is 72.8 Å². The van der Waals surface area contributed by atoms with Gasteiger partial charge in [-0.2, -0.15) is 0 Å². The van der Waals surface area contributed by atoms with Crippen LogP contribution in [0.1, 0.15) is 46.6 Å². The quantitative estimate of drug-likeness (QED) is 0.375. The molecule has 0 aliphatic heterocycles. The number of benzene rings is 3. The second-order valence-electron chi connectivity index (χ2n) is 8.77. The summed E-state index contributed by atoms with van der Waals surface area (Å²) in [4.78, 5) is 2.50. The molecule has 32 heavy (non-hydrogen) atoms. The summed E-state index contributed by atoms with van der Waals surface area (Å²) < 4.78 is 6.34. The summed E-state index contributed by atoms with van der Waals surface area (Å²) in [5, 5.41) is 12.0. The standard InChI is InChI=1S/C29H29NO2/c1-22-10-8-9-11-23(22)20-30(26-16-17-26)21-27-18-19-28(32-27)29(31,24-12-4-2-5-13-24)25-14-6-3-7-15-25/h2-15,18-19,26,31H,16-17,20-21H2,1H3. The Morgan fingerprint density at radius 3 is 1.97 bits per heavy atom. The highest BCUT2D eigenvalue weighted by Gasteiger charge is 2.37. The Bertz CT molecular complexity index is 1120. The molecule has 0 atom stereocenters. The van der Waals surface area contributed by atoms with Gasteiger partial charge in [0.15, 0.2) is 5.60 Å². The maximum atomic E-state index is 12.0. The van der Waals surface area contributed by atoms with Crippen molar-refractivity contribution >= 4 is 0 Å². The summed E-state index contributed by atoms with van der Waals surface area (Å²) in [6.45, 7) is 3.82. The molecule has 1 aliphatic carbocycles. The van der Waals surface area contributed by atoms with E-state index in [1.165, 1.54) is 24.0 Å². The summed E-state index contributed by atoms with van der Waals surface area (Å²) >= 11 is 0. The minimum atomic E-state index is -1.33. The Labute approximate surface area is 189 Å². The minimum absolute atomic E-state index is 0.552. The van der Waals surface area contributed by atoms with Gasteiger partial charge in [-0.15, -0.1) is 0 Å².